The molecule has 1 heterocycles. The number of hydrogen-bond donors (Lipinski definition) is 1. The van der Waals surface area contributed by atoms with Crippen LogP contribution in [0.5, 0.6) is 5.75 Å². The maximum Gasteiger partial charge on any atom is 0.122 e. The standard InChI is InChI=1S/C18H20BrNO/c1-12-6-7-16(19)15(10-12)17(20)11-13-8-9-21-18-5-3-2-4-14(13)18/h2-7,10,13,17H,8-9,11,20H2,1H3. The molecule has 0 aliphatic carbocycles. The molecule has 110 valence electrons. The smallest absolute Gasteiger partial charge is 0.122 e. The SMILES string of the molecule is Cc1ccc(Br)c(C(N)CC2CCOc3ccccc32)c1. The van der Waals surface area contributed by atoms with Gasteiger partial charge in [0.15, 0.2) is 0 Å². The highest BCUT2D eigenvalue weighted by Crippen LogP contribution is 2.39. The second-order valence-corrected chi connectivity index (χ2v) is 6.59. The quantitative estimate of drug-likeness (QED) is 0.873. The lowest BCUT2D eigenvalue weighted by molar-refractivity contribution is 0.259. The summed E-state index contributed by atoms with van der Waals surface area (Å²) in [5, 5.41) is 0. The van der Waals surface area contributed by atoms with E-state index in [-0.39, 0.29) is 6.04 Å². The van der Waals surface area contributed by atoms with Gasteiger partial charge in [0.2, 0.25) is 0 Å². The molecule has 1 aliphatic heterocycles. The summed E-state index contributed by atoms with van der Waals surface area (Å²) in [6.45, 7) is 2.88. The highest BCUT2D eigenvalue weighted by Gasteiger charge is 2.24. The predicted molar refractivity (Wildman–Crippen MR) is 89.7 cm³/mol. The van der Waals surface area contributed by atoms with Crippen molar-refractivity contribution < 1.29 is 4.74 Å². The van der Waals surface area contributed by atoms with Crippen molar-refractivity contribution in [1.29, 1.82) is 0 Å². The number of nitrogens with two attached hydrogens (primary N) is 1. The van der Waals surface area contributed by atoms with Crippen LogP contribution in [0.3, 0.4) is 0 Å². The van der Waals surface area contributed by atoms with Crippen LogP contribution in [0.25, 0.3) is 0 Å². The molecule has 2 nitrogen and oxygen atoms in total. The van der Waals surface area contributed by atoms with Gasteiger partial charge < -0.3 is 10.5 Å². The zero-order chi connectivity index (χ0) is 14.8. The van der Waals surface area contributed by atoms with E-state index in [2.05, 4.69) is 59.3 Å². The zero-order valence-electron chi connectivity index (χ0n) is 12.2. The Kier molecular flexibility index (Phi) is 4.32. The number of benzene rings is 2. The molecule has 21 heavy (non-hydrogen) atoms. The molecule has 2 atom stereocenters. The van der Waals surface area contributed by atoms with Crippen molar-refractivity contribution in [1.82, 2.24) is 0 Å². The number of rotatable bonds is 3. The lowest BCUT2D eigenvalue weighted by Crippen LogP contribution is -2.20. The molecule has 2 aromatic rings. The Hall–Kier alpha value is -1.32. The Morgan fingerprint density at radius 2 is 2.10 bits per heavy atom. The lowest BCUT2D eigenvalue weighted by atomic mass is 9.85. The van der Waals surface area contributed by atoms with E-state index in [1.165, 1.54) is 16.7 Å². The molecule has 2 aromatic carbocycles. The van der Waals surface area contributed by atoms with E-state index in [1.54, 1.807) is 0 Å². The van der Waals surface area contributed by atoms with Gasteiger partial charge in [-0.25, -0.2) is 0 Å². The first-order valence-electron chi connectivity index (χ1n) is 7.38. The van der Waals surface area contributed by atoms with Gasteiger partial charge in [0.25, 0.3) is 0 Å². The number of ether oxygens (including phenoxy) is 1. The first-order valence-corrected chi connectivity index (χ1v) is 8.18. The van der Waals surface area contributed by atoms with E-state index < -0.39 is 0 Å². The van der Waals surface area contributed by atoms with Gasteiger partial charge in [0.05, 0.1) is 6.61 Å². The van der Waals surface area contributed by atoms with Crippen molar-refractivity contribution in [3.8, 4) is 5.75 Å². The maximum atomic E-state index is 6.48. The Morgan fingerprint density at radius 3 is 2.95 bits per heavy atom. The molecule has 0 fully saturated rings. The maximum absolute atomic E-state index is 6.48. The minimum atomic E-state index is 0.0374. The number of aryl methyl sites for hydroxylation is 1. The summed E-state index contributed by atoms with van der Waals surface area (Å²) in [5.74, 6) is 1.49. The van der Waals surface area contributed by atoms with Gasteiger partial charge in [-0.2, -0.15) is 0 Å². The first kappa shape index (κ1) is 14.6. The largest absolute Gasteiger partial charge is 0.493 e. The van der Waals surface area contributed by atoms with Gasteiger partial charge in [0, 0.05) is 10.5 Å². The van der Waals surface area contributed by atoms with Crippen LogP contribution in [0, 0.1) is 6.92 Å². The van der Waals surface area contributed by atoms with Gasteiger partial charge in [-0.3, -0.25) is 0 Å². The molecule has 2 unspecified atom stereocenters. The minimum absolute atomic E-state index is 0.0374. The highest BCUT2D eigenvalue weighted by atomic mass is 79.9. The Morgan fingerprint density at radius 1 is 1.29 bits per heavy atom. The van der Waals surface area contributed by atoms with Gasteiger partial charge in [-0.05, 0) is 48.9 Å². The molecule has 0 aromatic heterocycles. The molecular weight excluding hydrogens is 326 g/mol. The highest BCUT2D eigenvalue weighted by molar-refractivity contribution is 9.10. The van der Waals surface area contributed by atoms with Crippen molar-refractivity contribution >= 4 is 15.9 Å². The van der Waals surface area contributed by atoms with Gasteiger partial charge >= 0.3 is 0 Å². The molecule has 0 radical (unpaired) electrons. The molecule has 0 saturated carbocycles. The monoisotopic (exact) mass is 345 g/mol. The fourth-order valence-corrected chi connectivity index (χ4v) is 3.58. The molecule has 0 spiro atoms. The second-order valence-electron chi connectivity index (χ2n) is 5.74. The lowest BCUT2D eigenvalue weighted by Gasteiger charge is -2.28. The van der Waals surface area contributed by atoms with Crippen LogP contribution in [0.2, 0.25) is 0 Å². The summed E-state index contributed by atoms with van der Waals surface area (Å²) in [5.41, 5.74) is 10.2. The molecule has 0 saturated heterocycles. The third kappa shape index (κ3) is 3.14. The van der Waals surface area contributed by atoms with Gasteiger partial charge in [-0.15, -0.1) is 0 Å². The minimum Gasteiger partial charge on any atom is -0.493 e. The van der Waals surface area contributed by atoms with Crippen LogP contribution in [-0.2, 0) is 0 Å². The van der Waals surface area contributed by atoms with E-state index >= 15 is 0 Å². The Bertz CT molecular complexity index is 641. The van der Waals surface area contributed by atoms with Crippen molar-refractivity contribution in [3.05, 3.63) is 63.6 Å². The van der Waals surface area contributed by atoms with E-state index in [0.29, 0.717) is 5.92 Å². The van der Waals surface area contributed by atoms with Crippen molar-refractivity contribution in [2.45, 2.75) is 31.7 Å². The first-order chi connectivity index (χ1) is 10.1. The summed E-state index contributed by atoms with van der Waals surface area (Å²) >= 11 is 3.62. The van der Waals surface area contributed by atoms with Crippen LogP contribution in [0.15, 0.2) is 46.9 Å². The van der Waals surface area contributed by atoms with E-state index in [0.717, 1.165) is 29.7 Å². The molecule has 1 aliphatic rings. The second kappa shape index (κ2) is 6.20. The number of halogens is 1. The zero-order valence-corrected chi connectivity index (χ0v) is 13.8. The topological polar surface area (TPSA) is 35.2 Å². The summed E-state index contributed by atoms with van der Waals surface area (Å²) in [7, 11) is 0. The summed E-state index contributed by atoms with van der Waals surface area (Å²) in [4.78, 5) is 0. The van der Waals surface area contributed by atoms with Crippen LogP contribution in [0.4, 0.5) is 0 Å². The molecule has 3 heteroatoms. The van der Waals surface area contributed by atoms with Crippen molar-refractivity contribution in [2.24, 2.45) is 5.73 Å². The van der Waals surface area contributed by atoms with Crippen LogP contribution < -0.4 is 10.5 Å². The van der Waals surface area contributed by atoms with E-state index in [9.17, 15) is 0 Å². The normalized spacial score (nSPS) is 18.7. The van der Waals surface area contributed by atoms with Gasteiger partial charge in [-0.1, -0.05) is 51.8 Å². The van der Waals surface area contributed by atoms with Crippen molar-refractivity contribution in [2.75, 3.05) is 6.61 Å². The fourth-order valence-electron chi connectivity index (χ4n) is 3.04. The summed E-state index contributed by atoms with van der Waals surface area (Å²) in [6.07, 6.45) is 1.98. The van der Waals surface area contributed by atoms with Gasteiger partial charge in [0.1, 0.15) is 5.75 Å². The molecule has 3 rings (SSSR count). The van der Waals surface area contributed by atoms with E-state index in [1.807, 2.05) is 6.07 Å². The third-order valence-corrected chi connectivity index (χ3v) is 4.89. The fraction of sp³-hybridized carbons (Fsp3) is 0.333. The van der Waals surface area contributed by atoms with Crippen molar-refractivity contribution in [3.63, 3.8) is 0 Å². The van der Waals surface area contributed by atoms with E-state index in [4.69, 9.17) is 10.5 Å². The Labute approximate surface area is 134 Å². The molecular formula is C18H20BrNO. The molecule has 2 N–H and O–H groups in total. The number of fused-ring (bicyclic) bond motifs is 1. The van der Waals surface area contributed by atoms with Crippen LogP contribution in [-0.4, -0.2) is 6.61 Å². The summed E-state index contributed by atoms with van der Waals surface area (Å²) in [6, 6.07) is 14.7. The van der Waals surface area contributed by atoms with Crippen LogP contribution in [0.1, 0.15) is 41.5 Å². The number of hydrogen-bond acceptors (Lipinski definition) is 2. The molecule has 0 bridgehead atoms. The number of para-hydroxylation sites is 1. The Balaban J connectivity index is 1.82. The average Bonchev–Trinajstić information content (AvgIpc) is 2.50. The van der Waals surface area contributed by atoms with Crippen LogP contribution >= 0.6 is 15.9 Å². The molecule has 0 amide bonds. The average molecular weight is 346 g/mol. The predicted octanol–water partition coefficient (Wildman–Crippen LogP) is 4.71. The third-order valence-electron chi connectivity index (χ3n) is 4.17. The summed E-state index contributed by atoms with van der Waals surface area (Å²) < 4.78 is 6.83.